The van der Waals surface area contributed by atoms with Gasteiger partial charge < -0.3 is 4.90 Å². The maximum atomic E-state index is 2.38. The molecule has 0 unspecified atom stereocenters. The molecule has 1 heteroatoms. The first-order valence-electron chi connectivity index (χ1n) is 5.15. The molecular weight excluding hydrogens is 158 g/mol. The summed E-state index contributed by atoms with van der Waals surface area (Å²) in [6.07, 6.45) is 14.1. The van der Waals surface area contributed by atoms with Crippen LogP contribution in [0.5, 0.6) is 0 Å². The van der Waals surface area contributed by atoms with Crippen molar-refractivity contribution in [3.8, 4) is 0 Å². The van der Waals surface area contributed by atoms with E-state index >= 15 is 0 Å². The van der Waals surface area contributed by atoms with Gasteiger partial charge in [-0.2, -0.15) is 0 Å². The molecule has 2 rings (SSSR count). The zero-order valence-corrected chi connectivity index (χ0v) is 8.29. The van der Waals surface area contributed by atoms with E-state index in [4.69, 9.17) is 0 Å². The van der Waals surface area contributed by atoms with Crippen LogP contribution in [0.2, 0.25) is 0 Å². The molecule has 2 aliphatic rings. The molecule has 0 saturated carbocycles. The fourth-order valence-corrected chi connectivity index (χ4v) is 2.03. The van der Waals surface area contributed by atoms with Crippen molar-refractivity contribution in [3.63, 3.8) is 0 Å². The lowest BCUT2D eigenvalue weighted by atomic mass is 10.1. The summed E-state index contributed by atoms with van der Waals surface area (Å²) in [5.74, 6) is 0. The highest BCUT2D eigenvalue weighted by atomic mass is 15.1. The van der Waals surface area contributed by atoms with Crippen molar-refractivity contribution in [2.45, 2.75) is 25.7 Å². The Morgan fingerprint density at radius 3 is 2.92 bits per heavy atom. The van der Waals surface area contributed by atoms with Crippen LogP contribution in [0.4, 0.5) is 0 Å². The molecule has 0 radical (unpaired) electrons. The Morgan fingerprint density at radius 1 is 1.15 bits per heavy atom. The monoisotopic (exact) mass is 175 g/mol. The first kappa shape index (κ1) is 8.61. The van der Waals surface area contributed by atoms with Gasteiger partial charge in [0, 0.05) is 19.3 Å². The van der Waals surface area contributed by atoms with Gasteiger partial charge in [0.15, 0.2) is 0 Å². The van der Waals surface area contributed by atoms with Gasteiger partial charge in [0.05, 0.1) is 0 Å². The molecule has 0 spiro atoms. The maximum Gasteiger partial charge on any atom is 0.0392 e. The Kier molecular flexibility index (Phi) is 2.53. The highest BCUT2D eigenvalue weighted by Crippen LogP contribution is 2.24. The Hall–Kier alpha value is -0.980. The maximum absolute atomic E-state index is 2.38. The lowest BCUT2D eigenvalue weighted by molar-refractivity contribution is 0.426. The van der Waals surface area contributed by atoms with Gasteiger partial charge in [-0.05, 0) is 37.3 Å². The van der Waals surface area contributed by atoms with Crippen molar-refractivity contribution in [2.75, 3.05) is 13.6 Å². The van der Waals surface area contributed by atoms with Crippen molar-refractivity contribution in [2.24, 2.45) is 0 Å². The zero-order chi connectivity index (χ0) is 9.10. The van der Waals surface area contributed by atoms with Crippen LogP contribution in [0.3, 0.4) is 0 Å². The van der Waals surface area contributed by atoms with Crippen molar-refractivity contribution in [3.05, 3.63) is 35.6 Å². The van der Waals surface area contributed by atoms with Gasteiger partial charge in [-0.1, -0.05) is 18.2 Å². The molecule has 0 N–H and O–H groups in total. The van der Waals surface area contributed by atoms with E-state index in [1.54, 1.807) is 0 Å². The smallest absolute Gasteiger partial charge is 0.0392 e. The third-order valence-electron chi connectivity index (χ3n) is 2.80. The molecule has 1 heterocycles. The minimum Gasteiger partial charge on any atom is -0.374 e. The Balaban J connectivity index is 2.33. The SMILES string of the molecule is CN1CCCCC2=C1C=CCC=C2. The van der Waals surface area contributed by atoms with Crippen molar-refractivity contribution < 1.29 is 0 Å². The molecule has 0 aromatic heterocycles. The van der Waals surface area contributed by atoms with E-state index in [0.717, 1.165) is 6.42 Å². The third kappa shape index (κ3) is 1.85. The van der Waals surface area contributed by atoms with Crippen molar-refractivity contribution in [1.82, 2.24) is 4.90 Å². The van der Waals surface area contributed by atoms with E-state index in [2.05, 4.69) is 36.3 Å². The van der Waals surface area contributed by atoms with Crippen LogP contribution in [-0.4, -0.2) is 18.5 Å². The van der Waals surface area contributed by atoms with Crippen molar-refractivity contribution >= 4 is 0 Å². The van der Waals surface area contributed by atoms with Crippen LogP contribution in [0, 0.1) is 0 Å². The Labute approximate surface area is 80.4 Å². The summed E-state index contributed by atoms with van der Waals surface area (Å²) in [6.45, 7) is 1.21. The second-order valence-corrected chi connectivity index (χ2v) is 3.83. The average molecular weight is 175 g/mol. The molecule has 1 aliphatic carbocycles. The molecule has 13 heavy (non-hydrogen) atoms. The summed E-state index contributed by atoms with van der Waals surface area (Å²) < 4.78 is 0. The zero-order valence-electron chi connectivity index (χ0n) is 8.29. The standard InChI is InChI=1S/C12H17N/c1-13-10-6-5-8-11-7-3-2-4-9-12(11)13/h3-4,7,9H,2,5-6,8,10H2,1H3. The predicted molar refractivity (Wildman–Crippen MR) is 56.4 cm³/mol. The number of likely N-dealkylation sites (N-methyl/N-ethyl adjacent to an activating group) is 1. The molecule has 70 valence electrons. The molecule has 0 atom stereocenters. The summed E-state index contributed by atoms with van der Waals surface area (Å²) in [6, 6.07) is 0. The number of nitrogens with zero attached hydrogens (tertiary/aromatic N) is 1. The third-order valence-corrected chi connectivity index (χ3v) is 2.80. The quantitative estimate of drug-likeness (QED) is 0.547. The minimum absolute atomic E-state index is 1.08. The van der Waals surface area contributed by atoms with Crippen molar-refractivity contribution in [1.29, 1.82) is 0 Å². The van der Waals surface area contributed by atoms with E-state index in [1.165, 1.54) is 37.1 Å². The minimum atomic E-state index is 1.08. The van der Waals surface area contributed by atoms with Crippen LogP contribution >= 0.6 is 0 Å². The number of hydrogen-bond acceptors (Lipinski definition) is 1. The summed E-state index contributed by atoms with van der Waals surface area (Å²) in [7, 11) is 2.20. The number of rotatable bonds is 0. The molecule has 0 fully saturated rings. The lowest BCUT2D eigenvalue weighted by Gasteiger charge is -2.19. The highest BCUT2D eigenvalue weighted by molar-refractivity contribution is 5.35. The molecule has 0 saturated heterocycles. The van der Waals surface area contributed by atoms with E-state index in [1.807, 2.05) is 0 Å². The van der Waals surface area contributed by atoms with E-state index in [0.29, 0.717) is 0 Å². The second kappa shape index (κ2) is 3.82. The largest absolute Gasteiger partial charge is 0.374 e. The molecule has 1 nitrogen and oxygen atoms in total. The van der Waals surface area contributed by atoms with Crippen LogP contribution < -0.4 is 0 Å². The molecule has 1 aliphatic heterocycles. The second-order valence-electron chi connectivity index (χ2n) is 3.83. The summed E-state index contributed by atoms with van der Waals surface area (Å²) in [5.41, 5.74) is 2.96. The Bertz CT molecular complexity index is 271. The van der Waals surface area contributed by atoms with Gasteiger partial charge in [0.1, 0.15) is 0 Å². The summed E-state index contributed by atoms with van der Waals surface area (Å²) in [4.78, 5) is 2.38. The molecule has 0 aromatic carbocycles. The first-order chi connectivity index (χ1) is 6.38. The van der Waals surface area contributed by atoms with Crippen LogP contribution in [0.25, 0.3) is 0 Å². The molecule has 0 amide bonds. The number of hydrogen-bond donors (Lipinski definition) is 0. The van der Waals surface area contributed by atoms with E-state index in [-0.39, 0.29) is 0 Å². The topological polar surface area (TPSA) is 3.24 Å². The summed E-state index contributed by atoms with van der Waals surface area (Å²) in [5, 5.41) is 0. The van der Waals surface area contributed by atoms with Gasteiger partial charge in [0.2, 0.25) is 0 Å². The van der Waals surface area contributed by atoms with Crippen LogP contribution in [0.1, 0.15) is 25.7 Å². The van der Waals surface area contributed by atoms with E-state index < -0.39 is 0 Å². The first-order valence-corrected chi connectivity index (χ1v) is 5.15. The van der Waals surface area contributed by atoms with Gasteiger partial charge >= 0.3 is 0 Å². The Morgan fingerprint density at radius 2 is 2.00 bits per heavy atom. The lowest BCUT2D eigenvalue weighted by Crippen LogP contribution is -2.17. The van der Waals surface area contributed by atoms with Gasteiger partial charge in [0.25, 0.3) is 0 Å². The molecular formula is C12H17N. The van der Waals surface area contributed by atoms with Gasteiger partial charge in [-0.25, -0.2) is 0 Å². The number of allylic oxidation sites excluding steroid dienone is 5. The predicted octanol–water partition coefficient (Wildman–Crippen LogP) is 2.87. The average Bonchev–Trinajstić information content (AvgIpc) is 2.43. The van der Waals surface area contributed by atoms with Crippen LogP contribution in [-0.2, 0) is 0 Å². The fourth-order valence-electron chi connectivity index (χ4n) is 2.03. The van der Waals surface area contributed by atoms with E-state index in [9.17, 15) is 0 Å². The van der Waals surface area contributed by atoms with Gasteiger partial charge in [-0.15, -0.1) is 0 Å². The summed E-state index contributed by atoms with van der Waals surface area (Å²) >= 11 is 0. The fraction of sp³-hybridized carbons (Fsp3) is 0.500. The van der Waals surface area contributed by atoms with Gasteiger partial charge in [-0.3, -0.25) is 0 Å². The highest BCUT2D eigenvalue weighted by Gasteiger charge is 2.11. The van der Waals surface area contributed by atoms with Crippen LogP contribution in [0.15, 0.2) is 35.6 Å². The normalized spacial score (nSPS) is 22.7. The molecule has 0 bridgehead atoms. The molecule has 0 aromatic rings.